The molecule has 182 valence electrons. The number of halogens is 3. The fraction of sp³-hybridized carbons (Fsp3) is 0.240. The molecule has 0 spiro atoms. The van der Waals surface area contributed by atoms with Gasteiger partial charge in [0.25, 0.3) is 5.91 Å². The zero-order valence-corrected chi connectivity index (χ0v) is 20.4. The number of rotatable bonds is 7. The number of amides is 2. The van der Waals surface area contributed by atoms with E-state index in [1.54, 1.807) is 0 Å². The smallest absolute Gasteiger partial charge is 0.263 e. The summed E-state index contributed by atoms with van der Waals surface area (Å²) >= 11 is 12.4. The minimum atomic E-state index is -1.53. The first-order chi connectivity index (χ1) is 16.5. The molecule has 0 radical (unpaired) electrons. The van der Waals surface area contributed by atoms with Gasteiger partial charge in [0.2, 0.25) is 11.7 Å². The Balaban J connectivity index is 1.81. The summed E-state index contributed by atoms with van der Waals surface area (Å²) in [6, 6.07) is 10.0. The molecule has 10 heteroatoms. The van der Waals surface area contributed by atoms with Gasteiger partial charge < -0.3 is 15.6 Å². The fourth-order valence-electron chi connectivity index (χ4n) is 3.70. The Hall–Kier alpha value is -3.20. The average Bonchev–Trinajstić information content (AvgIpc) is 3.64. The first kappa shape index (κ1) is 24.9. The van der Waals surface area contributed by atoms with Crippen molar-refractivity contribution in [3.8, 4) is 16.9 Å². The summed E-state index contributed by atoms with van der Waals surface area (Å²) in [5.74, 6) is -3.71. The third-order valence-corrected chi connectivity index (χ3v) is 6.49. The van der Waals surface area contributed by atoms with Crippen molar-refractivity contribution in [1.29, 1.82) is 0 Å². The van der Waals surface area contributed by atoms with Crippen LogP contribution in [0.1, 0.15) is 40.5 Å². The number of carbonyl (C=O) groups excluding carboxylic acids is 2. The van der Waals surface area contributed by atoms with Crippen LogP contribution in [0.5, 0.6) is 5.75 Å². The van der Waals surface area contributed by atoms with E-state index < -0.39 is 23.4 Å². The summed E-state index contributed by atoms with van der Waals surface area (Å²) in [5.41, 5.74) is 6.22. The maximum Gasteiger partial charge on any atom is 0.263 e. The van der Waals surface area contributed by atoms with Crippen molar-refractivity contribution in [2.45, 2.75) is 25.6 Å². The fourth-order valence-corrected chi connectivity index (χ4v) is 4.17. The number of anilines is 1. The van der Waals surface area contributed by atoms with Crippen LogP contribution in [0.15, 0.2) is 48.7 Å². The molecule has 4 rings (SSSR count). The molecule has 1 unspecified atom stereocenters. The summed E-state index contributed by atoms with van der Waals surface area (Å²) in [4.78, 5) is 30.3. The van der Waals surface area contributed by atoms with Crippen molar-refractivity contribution in [1.82, 2.24) is 4.98 Å². The van der Waals surface area contributed by atoms with Gasteiger partial charge in [0.15, 0.2) is 11.6 Å². The Morgan fingerprint density at radius 2 is 1.91 bits per heavy atom. The highest BCUT2D eigenvalue weighted by Crippen LogP contribution is 2.43. The lowest BCUT2D eigenvalue weighted by Gasteiger charge is -2.28. The maximum atomic E-state index is 14.4. The molecule has 7 nitrogen and oxygen atoms in total. The van der Waals surface area contributed by atoms with E-state index >= 15 is 0 Å². The molecule has 0 aliphatic heterocycles. The molecule has 2 amide bonds. The number of hydrogen-bond acceptors (Lipinski definition) is 5. The van der Waals surface area contributed by atoms with Crippen molar-refractivity contribution in [3.63, 3.8) is 0 Å². The molecule has 1 saturated carbocycles. The number of aliphatic hydroxyl groups is 1. The van der Waals surface area contributed by atoms with Gasteiger partial charge in [-0.15, -0.1) is 0 Å². The van der Waals surface area contributed by atoms with Crippen LogP contribution in [0.25, 0.3) is 11.1 Å². The Morgan fingerprint density at radius 3 is 2.54 bits per heavy atom. The Morgan fingerprint density at radius 1 is 1.20 bits per heavy atom. The number of primary amides is 1. The number of nitrogens with zero attached hydrogens (tertiary/aromatic N) is 2. The second kappa shape index (κ2) is 9.45. The highest BCUT2D eigenvalue weighted by Gasteiger charge is 2.43. The Kier molecular flexibility index (Phi) is 6.73. The van der Waals surface area contributed by atoms with Crippen LogP contribution in [0.2, 0.25) is 10.0 Å². The van der Waals surface area contributed by atoms with E-state index in [0.717, 1.165) is 23.8 Å². The van der Waals surface area contributed by atoms with Gasteiger partial charge in [-0.1, -0.05) is 29.3 Å². The standard InChI is InChI=1S/C25H22Cl2FN3O4/c1-25(34,15-7-8-15)35-20-11-14(16-10-13(22(29)32)6-9-17(16)26)12-30-23(20)31(2)24(33)21-18(27)4-3-5-19(21)28/h3-6,9-12,15,34H,7-8H2,1-2H3,(H2,29,32). The van der Waals surface area contributed by atoms with Gasteiger partial charge in [-0.2, -0.15) is 0 Å². The highest BCUT2D eigenvalue weighted by molar-refractivity contribution is 6.34. The monoisotopic (exact) mass is 517 g/mol. The molecule has 1 aliphatic carbocycles. The first-order valence-electron chi connectivity index (χ1n) is 10.7. The zero-order chi connectivity index (χ0) is 25.5. The van der Waals surface area contributed by atoms with Gasteiger partial charge in [0.1, 0.15) is 5.82 Å². The van der Waals surface area contributed by atoms with Crippen molar-refractivity contribution in [2.24, 2.45) is 11.7 Å². The molecule has 35 heavy (non-hydrogen) atoms. The molecule has 3 aromatic rings. The summed E-state index contributed by atoms with van der Waals surface area (Å²) < 4.78 is 20.4. The van der Waals surface area contributed by atoms with Gasteiger partial charge in [-0.05, 0) is 49.2 Å². The topological polar surface area (TPSA) is 106 Å². The molecule has 1 fully saturated rings. The van der Waals surface area contributed by atoms with Crippen LogP contribution in [0.3, 0.4) is 0 Å². The average molecular weight is 518 g/mol. The predicted octanol–water partition coefficient (Wildman–Crippen LogP) is 5.07. The second-order valence-electron chi connectivity index (χ2n) is 8.50. The zero-order valence-electron chi connectivity index (χ0n) is 18.9. The number of carbonyl (C=O) groups is 2. The number of pyridine rings is 1. The highest BCUT2D eigenvalue weighted by atomic mass is 35.5. The molecule has 3 N–H and O–H groups in total. The molecular weight excluding hydrogens is 496 g/mol. The van der Waals surface area contributed by atoms with Crippen LogP contribution >= 0.6 is 23.2 Å². The quantitative estimate of drug-likeness (QED) is 0.425. The van der Waals surface area contributed by atoms with Crippen LogP contribution in [0.4, 0.5) is 10.2 Å². The van der Waals surface area contributed by atoms with E-state index in [0.29, 0.717) is 16.1 Å². The summed E-state index contributed by atoms with van der Waals surface area (Å²) in [7, 11) is 1.40. The van der Waals surface area contributed by atoms with Crippen molar-refractivity contribution in [2.75, 3.05) is 11.9 Å². The lowest BCUT2D eigenvalue weighted by atomic mass is 10.0. The third kappa shape index (κ3) is 5.10. The lowest BCUT2D eigenvalue weighted by Crippen LogP contribution is -2.36. The number of ether oxygens (including phenoxy) is 1. The lowest BCUT2D eigenvalue weighted by molar-refractivity contribution is -0.138. The molecular formula is C25H22Cl2FN3O4. The van der Waals surface area contributed by atoms with Crippen molar-refractivity contribution in [3.05, 3.63) is 75.7 Å². The Labute approximate surface area is 211 Å². The molecule has 0 bridgehead atoms. The third-order valence-electron chi connectivity index (χ3n) is 5.85. The van der Waals surface area contributed by atoms with E-state index in [9.17, 15) is 19.1 Å². The summed E-state index contributed by atoms with van der Waals surface area (Å²) in [6.45, 7) is 1.53. The van der Waals surface area contributed by atoms with E-state index in [2.05, 4.69) is 4.98 Å². The van der Waals surface area contributed by atoms with Gasteiger partial charge >= 0.3 is 0 Å². The van der Waals surface area contributed by atoms with E-state index in [1.807, 2.05) is 0 Å². The summed E-state index contributed by atoms with van der Waals surface area (Å²) in [6.07, 6.45) is 2.98. The van der Waals surface area contributed by atoms with Gasteiger partial charge in [-0.25, -0.2) is 9.37 Å². The van der Waals surface area contributed by atoms with Crippen LogP contribution in [0, 0.1) is 11.7 Å². The van der Waals surface area contributed by atoms with E-state index in [-0.39, 0.29) is 33.6 Å². The van der Waals surface area contributed by atoms with Crippen LogP contribution < -0.4 is 15.4 Å². The molecule has 1 heterocycles. The Bertz CT molecular complexity index is 1310. The van der Waals surface area contributed by atoms with E-state index in [4.69, 9.17) is 33.7 Å². The van der Waals surface area contributed by atoms with Crippen LogP contribution in [-0.2, 0) is 0 Å². The molecule has 0 saturated heterocycles. The summed E-state index contributed by atoms with van der Waals surface area (Å²) in [5, 5.41) is 11.1. The second-order valence-corrected chi connectivity index (χ2v) is 9.31. The SMILES string of the molecule is CN(C(=O)c1c(F)cccc1Cl)c1ncc(-c2cc(C(N)=O)ccc2Cl)cc1OC(C)(O)C1CC1. The molecule has 1 aliphatic rings. The molecule has 1 aromatic heterocycles. The largest absolute Gasteiger partial charge is 0.459 e. The minimum Gasteiger partial charge on any atom is -0.459 e. The molecule has 1 atom stereocenters. The first-order valence-corrected chi connectivity index (χ1v) is 11.5. The van der Waals surface area contributed by atoms with Gasteiger partial charge in [0, 0.05) is 47.8 Å². The number of benzene rings is 2. The normalized spacial score (nSPS) is 14.8. The number of aromatic nitrogens is 1. The van der Waals surface area contributed by atoms with Crippen LogP contribution in [-0.4, -0.2) is 34.7 Å². The molecule has 2 aromatic carbocycles. The van der Waals surface area contributed by atoms with Gasteiger partial charge in [0.05, 0.1) is 10.6 Å². The maximum absolute atomic E-state index is 14.4. The van der Waals surface area contributed by atoms with E-state index in [1.165, 1.54) is 56.6 Å². The van der Waals surface area contributed by atoms with Crippen molar-refractivity contribution < 1.29 is 23.8 Å². The van der Waals surface area contributed by atoms with Gasteiger partial charge in [-0.3, -0.25) is 14.5 Å². The predicted molar refractivity (Wildman–Crippen MR) is 131 cm³/mol. The van der Waals surface area contributed by atoms with Crippen molar-refractivity contribution >= 4 is 40.8 Å². The minimum absolute atomic E-state index is 0.0289. The number of nitrogens with two attached hydrogens (primary N) is 1. The number of hydrogen-bond donors (Lipinski definition) is 2.